The summed E-state index contributed by atoms with van der Waals surface area (Å²) in [6.45, 7) is 2.21. The molecule has 0 radical (unpaired) electrons. The Morgan fingerprint density at radius 3 is 2.64 bits per heavy atom. The van der Waals surface area contributed by atoms with Gasteiger partial charge in [0.25, 0.3) is 0 Å². The fourth-order valence-electron chi connectivity index (χ4n) is 2.40. The molecule has 1 aliphatic rings. The molecular formula is C14H15F3N2O3. The van der Waals surface area contributed by atoms with Crippen LogP contribution in [0.25, 0.3) is 11.1 Å². The van der Waals surface area contributed by atoms with Gasteiger partial charge in [0.2, 0.25) is 0 Å². The van der Waals surface area contributed by atoms with E-state index in [1.54, 1.807) is 6.07 Å². The van der Waals surface area contributed by atoms with E-state index < -0.39 is 17.3 Å². The number of rotatable bonds is 4. The predicted octanol–water partition coefficient (Wildman–Crippen LogP) is 2.01. The van der Waals surface area contributed by atoms with E-state index in [1.807, 2.05) is 0 Å². The molecule has 2 N–H and O–H groups in total. The molecule has 120 valence electrons. The molecular weight excluding hydrogens is 301 g/mol. The number of halogens is 3. The van der Waals surface area contributed by atoms with Crippen molar-refractivity contribution in [2.24, 2.45) is 0 Å². The second-order valence-corrected chi connectivity index (χ2v) is 5.51. The first-order valence-electron chi connectivity index (χ1n) is 6.74. The van der Waals surface area contributed by atoms with Crippen molar-refractivity contribution in [3.63, 3.8) is 0 Å². The van der Waals surface area contributed by atoms with Crippen LogP contribution in [0.2, 0.25) is 0 Å². The van der Waals surface area contributed by atoms with Gasteiger partial charge in [-0.05, 0) is 17.7 Å². The highest BCUT2D eigenvalue weighted by atomic mass is 19.4. The molecule has 1 fully saturated rings. The van der Waals surface area contributed by atoms with Crippen molar-refractivity contribution in [3.8, 4) is 0 Å². The number of ether oxygens (including phenoxy) is 1. The minimum Gasteiger partial charge on any atom is -0.440 e. The summed E-state index contributed by atoms with van der Waals surface area (Å²) < 4.78 is 49.6. The summed E-state index contributed by atoms with van der Waals surface area (Å²) in [5.74, 6) is 0.185. The van der Waals surface area contributed by atoms with Crippen molar-refractivity contribution in [1.82, 2.24) is 10.3 Å². The van der Waals surface area contributed by atoms with Gasteiger partial charge in [0.1, 0.15) is 11.1 Å². The fraction of sp³-hybridized carbons (Fsp3) is 0.500. The number of hydrogen-bond acceptors (Lipinski definition) is 5. The van der Waals surface area contributed by atoms with E-state index in [0.29, 0.717) is 18.8 Å². The van der Waals surface area contributed by atoms with Crippen LogP contribution in [0.1, 0.15) is 17.0 Å². The lowest BCUT2D eigenvalue weighted by molar-refractivity contribution is -0.136. The quantitative estimate of drug-likeness (QED) is 0.903. The maximum atomic E-state index is 13.2. The number of nitrogens with one attached hydrogen (secondary N) is 1. The number of aliphatic hydroxyl groups excluding tert-OH is 1. The summed E-state index contributed by atoms with van der Waals surface area (Å²) in [6.07, 6.45) is -4.52. The van der Waals surface area contributed by atoms with Crippen LogP contribution in [0, 0.1) is 6.92 Å². The standard InChI is InChI=1S/C14H15F3N2O3/c1-8-19-11-3-9(4-18-13(5-20)6-21-7-13)2-10(12(11)22-8)14(15,16)17/h2-3,18,20H,4-7H2,1H3. The van der Waals surface area contributed by atoms with Crippen molar-refractivity contribution in [3.05, 3.63) is 29.2 Å². The maximum Gasteiger partial charge on any atom is 0.420 e. The lowest BCUT2D eigenvalue weighted by Gasteiger charge is -2.40. The molecule has 1 aromatic heterocycles. The number of aryl methyl sites for hydroxylation is 1. The molecule has 22 heavy (non-hydrogen) atoms. The fourth-order valence-corrected chi connectivity index (χ4v) is 2.40. The number of aliphatic hydroxyl groups is 1. The second kappa shape index (κ2) is 5.22. The Labute approximate surface area is 124 Å². The Balaban J connectivity index is 1.93. The number of nitrogens with zero attached hydrogens (tertiary/aromatic N) is 1. The van der Waals surface area contributed by atoms with Crippen molar-refractivity contribution in [1.29, 1.82) is 0 Å². The van der Waals surface area contributed by atoms with Gasteiger partial charge in [-0.3, -0.25) is 0 Å². The van der Waals surface area contributed by atoms with Crippen LogP contribution >= 0.6 is 0 Å². The van der Waals surface area contributed by atoms with Crippen LogP contribution in [-0.4, -0.2) is 35.5 Å². The normalized spacial score (nSPS) is 17.7. The SMILES string of the molecule is Cc1nc2cc(CNC3(CO)COC3)cc(C(F)(F)F)c2o1. The molecule has 1 saturated heterocycles. The second-order valence-electron chi connectivity index (χ2n) is 5.51. The van der Waals surface area contributed by atoms with Crippen molar-refractivity contribution < 1.29 is 27.4 Å². The average Bonchev–Trinajstić information content (AvgIpc) is 2.75. The van der Waals surface area contributed by atoms with Crippen LogP contribution in [0.4, 0.5) is 13.2 Å². The maximum absolute atomic E-state index is 13.2. The third-order valence-corrected chi connectivity index (χ3v) is 3.69. The van der Waals surface area contributed by atoms with E-state index in [0.717, 1.165) is 6.07 Å². The van der Waals surface area contributed by atoms with E-state index in [9.17, 15) is 18.3 Å². The lowest BCUT2D eigenvalue weighted by Crippen LogP contribution is -2.62. The Hall–Kier alpha value is -1.64. The Morgan fingerprint density at radius 2 is 2.09 bits per heavy atom. The smallest absolute Gasteiger partial charge is 0.420 e. The van der Waals surface area contributed by atoms with Crippen LogP contribution in [0.5, 0.6) is 0 Å². The summed E-state index contributed by atoms with van der Waals surface area (Å²) in [7, 11) is 0. The third-order valence-electron chi connectivity index (χ3n) is 3.69. The van der Waals surface area contributed by atoms with Gasteiger partial charge in [-0.1, -0.05) is 0 Å². The highest BCUT2D eigenvalue weighted by molar-refractivity contribution is 5.78. The van der Waals surface area contributed by atoms with Crippen molar-refractivity contribution >= 4 is 11.1 Å². The summed E-state index contributed by atoms with van der Waals surface area (Å²) in [5, 5.41) is 12.4. The summed E-state index contributed by atoms with van der Waals surface area (Å²) in [6, 6.07) is 2.60. The molecule has 0 saturated carbocycles. The highest BCUT2D eigenvalue weighted by Gasteiger charge is 2.38. The minimum atomic E-state index is -4.52. The van der Waals surface area contributed by atoms with Gasteiger partial charge in [0.05, 0.1) is 25.4 Å². The van der Waals surface area contributed by atoms with Crippen LogP contribution in [-0.2, 0) is 17.5 Å². The molecule has 1 aromatic carbocycles. The topological polar surface area (TPSA) is 67.5 Å². The molecule has 0 unspecified atom stereocenters. The average molecular weight is 316 g/mol. The molecule has 0 spiro atoms. The molecule has 5 nitrogen and oxygen atoms in total. The Bertz CT molecular complexity index is 687. The third kappa shape index (κ3) is 2.69. The number of oxazole rings is 1. The van der Waals surface area contributed by atoms with Gasteiger partial charge in [0.15, 0.2) is 11.5 Å². The zero-order valence-electron chi connectivity index (χ0n) is 11.8. The van der Waals surface area contributed by atoms with E-state index in [4.69, 9.17) is 9.15 Å². The summed E-state index contributed by atoms with van der Waals surface area (Å²) in [4.78, 5) is 3.98. The van der Waals surface area contributed by atoms with E-state index >= 15 is 0 Å². The van der Waals surface area contributed by atoms with Crippen molar-refractivity contribution in [2.45, 2.75) is 25.2 Å². The molecule has 0 aliphatic carbocycles. The molecule has 0 bridgehead atoms. The highest BCUT2D eigenvalue weighted by Crippen LogP contribution is 2.36. The minimum absolute atomic E-state index is 0.134. The van der Waals surface area contributed by atoms with Gasteiger partial charge >= 0.3 is 6.18 Å². The monoisotopic (exact) mass is 316 g/mol. The van der Waals surface area contributed by atoms with Crippen molar-refractivity contribution in [2.75, 3.05) is 19.8 Å². The summed E-state index contributed by atoms with van der Waals surface area (Å²) in [5.41, 5.74) is -1.07. The number of alkyl halides is 3. The summed E-state index contributed by atoms with van der Waals surface area (Å²) >= 11 is 0. The molecule has 2 heterocycles. The number of benzene rings is 1. The van der Waals surface area contributed by atoms with E-state index in [1.165, 1.54) is 6.92 Å². The predicted molar refractivity (Wildman–Crippen MR) is 71.2 cm³/mol. The Kier molecular flexibility index (Phi) is 3.62. The largest absolute Gasteiger partial charge is 0.440 e. The van der Waals surface area contributed by atoms with Gasteiger partial charge in [0, 0.05) is 13.5 Å². The van der Waals surface area contributed by atoms with Gasteiger partial charge in [-0.15, -0.1) is 0 Å². The first-order chi connectivity index (χ1) is 10.3. The van der Waals surface area contributed by atoms with Crippen LogP contribution in [0.3, 0.4) is 0 Å². The molecule has 8 heteroatoms. The van der Waals surface area contributed by atoms with Crippen LogP contribution in [0.15, 0.2) is 16.5 Å². The van der Waals surface area contributed by atoms with Crippen LogP contribution < -0.4 is 5.32 Å². The molecule has 1 aliphatic heterocycles. The first kappa shape index (κ1) is 15.3. The zero-order chi connectivity index (χ0) is 16.0. The zero-order valence-corrected chi connectivity index (χ0v) is 11.8. The van der Waals surface area contributed by atoms with Gasteiger partial charge in [-0.2, -0.15) is 13.2 Å². The molecule has 2 aromatic rings. The molecule has 0 atom stereocenters. The number of hydrogen-bond donors (Lipinski definition) is 2. The lowest BCUT2D eigenvalue weighted by atomic mass is 9.98. The first-order valence-corrected chi connectivity index (χ1v) is 6.74. The van der Waals surface area contributed by atoms with E-state index in [2.05, 4.69) is 10.3 Å². The molecule has 3 rings (SSSR count). The van der Waals surface area contributed by atoms with Gasteiger partial charge < -0.3 is 19.6 Å². The van der Waals surface area contributed by atoms with Gasteiger partial charge in [-0.25, -0.2) is 4.98 Å². The van der Waals surface area contributed by atoms with E-state index in [-0.39, 0.29) is 30.1 Å². The molecule has 0 amide bonds. The number of fused-ring (bicyclic) bond motifs is 1. The Morgan fingerprint density at radius 1 is 1.36 bits per heavy atom. The number of aromatic nitrogens is 1.